The average molecular weight is 459 g/mol. The molecule has 0 aliphatic carbocycles. The van der Waals surface area contributed by atoms with E-state index in [0.29, 0.717) is 27.5 Å². The van der Waals surface area contributed by atoms with Crippen LogP contribution in [0.5, 0.6) is 17.2 Å². The average Bonchev–Trinajstić information content (AvgIpc) is 3.42. The van der Waals surface area contributed by atoms with Gasteiger partial charge in [0.15, 0.2) is 5.13 Å². The molecule has 0 unspecified atom stereocenters. The van der Waals surface area contributed by atoms with Crippen LogP contribution in [0.4, 0.5) is 5.13 Å². The SMILES string of the molecule is COc1cc(OC)cc(-n2nnnc2SCC(=O)Nc2nc3ccc(OC)cc3s2)c1. The van der Waals surface area contributed by atoms with E-state index in [-0.39, 0.29) is 11.7 Å². The largest absolute Gasteiger partial charge is 0.497 e. The van der Waals surface area contributed by atoms with Gasteiger partial charge < -0.3 is 19.5 Å². The molecule has 0 aliphatic rings. The summed E-state index contributed by atoms with van der Waals surface area (Å²) in [5.74, 6) is 1.84. The highest BCUT2D eigenvalue weighted by atomic mass is 32.2. The topological polar surface area (TPSA) is 113 Å². The maximum Gasteiger partial charge on any atom is 0.236 e. The number of hydrogen-bond acceptors (Lipinski definition) is 10. The van der Waals surface area contributed by atoms with Crippen LogP contribution in [0.15, 0.2) is 41.6 Å². The van der Waals surface area contributed by atoms with Gasteiger partial charge in [0.2, 0.25) is 11.1 Å². The van der Waals surface area contributed by atoms with E-state index < -0.39 is 0 Å². The van der Waals surface area contributed by atoms with E-state index in [9.17, 15) is 4.79 Å². The molecule has 0 aliphatic heterocycles. The number of thioether (sulfide) groups is 1. The lowest BCUT2D eigenvalue weighted by Gasteiger charge is -2.09. The van der Waals surface area contributed by atoms with Gasteiger partial charge in [-0.25, -0.2) is 4.98 Å². The van der Waals surface area contributed by atoms with E-state index in [0.717, 1.165) is 16.0 Å². The van der Waals surface area contributed by atoms with Gasteiger partial charge in [0.05, 0.1) is 43.0 Å². The van der Waals surface area contributed by atoms with Crippen molar-refractivity contribution in [1.29, 1.82) is 0 Å². The number of hydrogen-bond donors (Lipinski definition) is 1. The molecule has 0 saturated heterocycles. The second-order valence-electron chi connectivity index (χ2n) is 6.13. The Labute approximate surface area is 185 Å². The molecule has 4 aromatic rings. The van der Waals surface area contributed by atoms with Crippen LogP contribution in [0.3, 0.4) is 0 Å². The minimum absolute atomic E-state index is 0.112. The van der Waals surface area contributed by atoms with Gasteiger partial charge in [0.1, 0.15) is 17.2 Å². The molecule has 2 aromatic carbocycles. The molecule has 4 rings (SSSR count). The lowest BCUT2D eigenvalue weighted by atomic mass is 10.3. The molecule has 1 amide bonds. The number of fused-ring (bicyclic) bond motifs is 1. The Kier molecular flexibility index (Phi) is 6.18. The van der Waals surface area contributed by atoms with Crippen molar-refractivity contribution in [2.75, 3.05) is 32.4 Å². The summed E-state index contributed by atoms with van der Waals surface area (Å²) in [4.78, 5) is 16.9. The highest BCUT2D eigenvalue weighted by molar-refractivity contribution is 7.99. The van der Waals surface area contributed by atoms with Gasteiger partial charge in [-0.2, -0.15) is 4.68 Å². The van der Waals surface area contributed by atoms with Crippen LogP contribution in [0.1, 0.15) is 0 Å². The highest BCUT2D eigenvalue weighted by Gasteiger charge is 2.15. The summed E-state index contributed by atoms with van der Waals surface area (Å²) < 4.78 is 18.3. The van der Waals surface area contributed by atoms with Crippen LogP contribution in [0.2, 0.25) is 0 Å². The standard InChI is InChI=1S/C19H18N6O4S2/c1-27-12-4-5-15-16(9-12)31-18(20-15)21-17(26)10-30-19-22-23-24-25(19)11-6-13(28-2)8-14(7-11)29-3/h4-9H,10H2,1-3H3,(H,20,21,26). The van der Waals surface area contributed by atoms with Gasteiger partial charge in [-0.15, -0.1) is 5.10 Å². The van der Waals surface area contributed by atoms with E-state index in [1.807, 2.05) is 18.2 Å². The summed E-state index contributed by atoms with van der Waals surface area (Å²) in [6, 6.07) is 10.9. The number of thiazole rings is 1. The lowest BCUT2D eigenvalue weighted by Crippen LogP contribution is -2.14. The summed E-state index contributed by atoms with van der Waals surface area (Å²) >= 11 is 2.59. The molecule has 1 N–H and O–H groups in total. The smallest absolute Gasteiger partial charge is 0.236 e. The Bertz CT molecular complexity index is 1200. The zero-order valence-corrected chi connectivity index (χ0v) is 18.5. The summed E-state index contributed by atoms with van der Waals surface area (Å²) in [5.41, 5.74) is 1.45. The number of tetrazole rings is 1. The molecule has 160 valence electrons. The van der Waals surface area contributed by atoms with Crippen LogP contribution in [-0.4, -0.2) is 58.2 Å². The molecule has 2 heterocycles. The third-order valence-corrected chi connectivity index (χ3v) is 6.05. The molecule has 0 atom stereocenters. The van der Waals surface area contributed by atoms with Crippen LogP contribution >= 0.6 is 23.1 Å². The molecule has 10 nitrogen and oxygen atoms in total. The van der Waals surface area contributed by atoms with Gasteiger partial charge in [-0.05, 0) is 28.6 Å². The third-order valence-electron chi connectivity index (χ3n) is 4.20. The summed E-state index contributed by atoms with van der Waals surface area (Å²) in [6.07, 6.45) is 0. The summed E-state index contributed by atoms with van der Waals surface area (Å²) in [7, 11) is 4.74. The number of carbonyl (C=O) groups is 1. The molecular formula is C19H18N6O4S2. The van der Waals surface area contributed by atoms with E-state index in [2.05, 4.69) is 25.8 Å². The van der Waals surface area contributed by atoms with Crippen molar-refractivity contribution in [2.45, 2.75) is 5.16 Å². The van der Waals surface area contributed by atoms with E-state index in [4.69, 9.17) is 14.2 Å². The molecule has 0 bridgehead atoms. The number of carbonyl (C=O) groups excluding carboxylic acids is 1. The van der Waals surface area contributed by atoms with Crippen molar-refractivity contribution in [3.8, 4) is 22.9 Å². The Morgan fingerprint density at radius 1 is 1.06 bits per heavy atom. The van der Waals surface area contributed by atoms with Gasteiger partial charge >= 0.3 is 0 Å². The fourth-order valence-corrected chi connectivity index (χ4v) is 4.32. The number of amides is 1. The van der Waals surface area contributed by atoms with E-state index >= 15 is 0 Å². The lowest BCUT2D eigenvalue weighted by molar-refractivity contribution is -0.113. The van der Waals surface area contributed by atoms with Crippen molar-refractivity contribution in [3.05, 3.63) is 36.4 Å². The quantitative estimate of drug-likeness (QED) is 0.398. The first-order chi connectivity index (χ1) is 15.1. The van der Waals surface area contributed by atoms with Crippen LogP contribution in [0.25, 0.3) is 15.9 Å². The fraction of sp³-hybridized carbons (Fsp3) is 0.211. The van der Waals surface area contributed by atoms with Crippen molar-refractivity contribution in [3.63, 3.8) is 0 Å². The Morgan fingerprint density at radius 3 is 2.52 bits per heavy atom. The molecule has 31 heavy (non-hydrogen) atoms. The van der Waals surface area contributed by atoms with Crippen LogP contribution in [-0.2, 0) is 4.79 Å². The van der Waals surface area contributed by atoms with Crippen molar-refractivity contribution in [1.82, 2.24) is 25.2 Å². The molecular weight excluding hydrogens is 440 g/mol. The fourth-order valence-electron chi connectivity index (χ4n) is 2.72. The number of nitrogens with zero attached hydrogens (tertiary/aromatic N) is 5. The number of nitrogens with one attached hydrogen (secondary N) is 1. The van der Waals surface area contributed by atoms with Gasteiger partial charge in [-0.1, -0.05) is 23.1 Å². The number of anilines is 1. The molecule has 0 radical (unpaired) electrons. The second-order valence-corrected chi connectivity index (χ2v) is 8.11. The van der Waals surface area contributed by atoms with Gasteiger partial charge in [-0.3, -0.25) is 4.79 Å². The number of aromatic nitrogens is 5. The Morgan fingerprint density at radius 2 is 1.81 bits per heavy atom. The zero-order valence-electron chi connectivity index (χ0n) is 16.9. The normalized spacial score (nSPS) is 10.8. The first-order valence-electron chi connectivity index (χ1n) is 8.98. The third kappa shape index (κ3) is 4.70. The van der Waals surface area contributed by atoms with Crippen LogP contribution in [0, 0.1) is 0 Å². The highest BCUT2D eigenvalue weighted by Crippen LogP contribution is 2.30. The first-order valence-corrected chi connectivity index (χ1v) is 10.8. The minimum Gasteiger partial charge on any atom is -0.497 e. The number of methoxy groups -OCH3 is 3. The molecule has 0 spiro atoms. The zero-order chi connectivity index (χ0) is 21.8. The van der Waals surface area contributed by atoms with Gasteiger partial charge in [0, 0.05) is 18.2 Å². The Hall–Kier alpha value is -3.38. The van der Waals surface area contributed by atoms with Crippen molar-refractivity contribution >= 4 is 44.4 Å². The minimum atomic E-state index is -0.214. The molecule has 0 saturated carbocycles. The van der Waals surface area contributed by atoms with Gasteiger partial charge in [0.25, 0.3) is 0 Å². The number of rotatable bonds is 8. The maximum atomic E-state index is 12.4. The Balaban J connectivity index is 1.45. The van der Waals surface area contributed by atoms with Crippen LogP contribution < -0.4 is 19.5 Å². The predicted molar refractivity (Wildman–Crippen MR) is 118 cm³/mol. The van der Waals surface area contributed by atoms with Crippen molar-refractivity contribution in [2.24, 2.45) is 0 Å². The number of ether oxygens (including phenoxy) is 3. The second kappa shape index (κ2) is 9.18. The number of benzene rings is 2. The molecule has 2 aromatic heterocycles. The van der Waals surface area contributed by atoms with E-state index in [1.54, 1.807) is 39.5 Å². The van der Waals surface area contributed by atoms with Crippen molar-refractivity contribution < 1.29 is 19.0 Å². The molecule has 0 fully saturated rings. The first kappa shape index (κ1) is 20.9. The summed E-state index contributed by atoms with van der Waals surface area (Å²) in [5, 5.41) is 15.5. The molecule has 12 heteroatoms. The predicted octanol–water partition coefficient (Wildman–Crippen LogP) is 3.03. The van der Waals surface area contributed by atoms with E-state index in [1.165, 1.54) is 27.8 Å². The summed E-state index contributed by atoms with van der Waals surface area (Å²) in [6.45, 7) is 0. The monoisotopic (exact) mass is 458 g/mol. The maximum absolute atomic E-state index is 12.4.